The molecule has 7 heteroatoms. The van der Waals surface area contributed by atoms with Crippen molar-refractivity contribution in [3.8, 4) is 0 Å². The Bertz CT molecular complexity index is 266. The van der Waals surface area contributed by atoms with Crippen molar-refractivity contribution in [1.29, 1.82) is 0 Å². The summed E-state index contributed by atoms with van der Waals surface area (Å²) >= 11 is 0. The average Bonchev–Trinajstić information content (AvgIpc) is 2.57. The highest BCUT2D eigenvalue weighted by Gasteiger charge is 2.32. The second kappa shape index (κ2) is 14.0. The number of nitrogens with zero attached hydrogens (tertiary/aromatic N) is 3. The van der Waals surface area contributed by atoms with E-state index in [2.05, 4.69) is 77.0 Å². The van der Waals surface area contributed by atoms with Crippen molar-refractivity contribution in [2.75, 3.05) is 39.3 Å². The van der Waals surface area contributed by atoms with Gasteiger partial charge in [0.1, 0.15) is 0 Å². The second-order valence-corrected chi connectivity index (χ2v) is 6.16. The Morgan fingerprint density at radius 3 is 0.880 bits per heavy atom. The van der Waals surface area contributed by atoms with Crippen LogP contribution in [0.3, 0.4) is 0 Å². The zero-order valence-electron chi connectivity index (χ0n) is 18.1. The molecular formula is C18H42BN3O3. The van der Waals surface area contributed by atoms with E-state index in [1.165, 1.54) is 0 Å². The predicted molar refractivity (Wildman–Crippen MR) is 106 cm³/mol. The summed E-state index contributed by atoms with van der Waals surface area (Å²) in [5.41, 5.74) is 0. The highest BCUT2D eigenvalue weighted by molar-refractivity contribution is 6.36. The normalized spacial score (nSPS) is 15.8. The van der Waals surface area contributed by atoms with E-state index < -0.39 is 7.32 Å². The second-order valence-electron chi connectivity index (χ2n) is 6.16. The van der Waals surface area contributed by atoms with E-state index in [4.69, 9.17) is 14.0 Å². The Labute approximate surface area is 156 Å². The fraction of sp³-hybridized carbons (Fsp3) is 1.00. The van der Waals surface area contributed by atoms with Crippen molar-refractivity contribution in [2.45, 2.75) is 81.0 Å². The molecule has 0 spiro atoms. The first kappa shape index (κ1) is 24.8. The van der Waals surface area contributed by atoms with Crippen LogP contribution >= 0.6 is 0 Å². The quantitative estimate of drug-likeness (QED) is 0.330. The molecule has 0 aliphatic heterocycles. The highest BCUT2D eigenvalue weighted by atomic mass is 16.8. The fourth-order valence-corrected chi connectivity index (χ4v) is 3.05. The zero-order valence-corrected chi connectivity index (χ0v) is 18.1. The molecule has 25 heavy (non-hydrogen) atoms. The minimum atomic E-state index is -0.693. The maximum absolute atomic E-state index is 6.14. The number of rotatable bonds is 15. The van der Waals surface area contributed by atoms with E-state index in [-0.39, 0.29) is 18.7 Å². The predicted octanol–water partition coefficient (Wildman–Crippen LogP) is 3.08. The minimum Gasteiger partial charge on any atom is -0.370 e. The maximum atomic E-state index is 6.14. The van der Waals surface area contributed by atoms with E-state index in [1.807, 2.05) is 0 Å². The van der Waals surface area contributed by atoms with Gasteiger partial charge in [0, 0.05) is 0 Å². The van der Waals surface area contributed by atoms with Gasteiger partial charge in [-0.05, 0) is 60.0 Å². The lowest BCUT2D eigenvalue weighted by molar-refractivity contribution is -0.0826. The monoisotopic (exact) mass is 359 g/mol. The first-order valence-corrected chi connectivity index (χ1v) is 10.1. The molecule has 0 heterocycles. The molecule has 0 aliphatic carbocycles. The summed E-state index contributed by atoms with van der Waals surface area (Å²) in [5, 5.41) is 0. The van der Waals surface area contributed by atoms with Crippen LogP contribution in [0.15, 0.2) is 0 Å². The largest absolute Gasteiger partial charge is 0.642 e. The molecule has 0 aliphatic rings. The van der Waals surface area contributed by atoms with Crippen LogP contribution in [-0.4, -0.2) is 80.0 Å². The van der Waals surface area contributed by atoms with Crippen molar-refractivity contribution in [2.24, 2.45) is 0 Å². The standard InChI is InChI=1S/C18H42BN3O3/c1-10-20(11-2)16(7)23-19(24-17(8)21(12-3)13-4)25-18(9)22(14-5)15-6/h16-18H,10-15H2,1-9H3. The SMILES string of the molecule is CCN(CC)C(C)OB(OC(C)N(CC)CC)OC(C)N(CC)CC. The molecule has 0 rings (SSSR count). The molecule has 3 atom stereocenters. The third kappa shape index (κ3) is 8.84. The molecule has 0 N–H and O–H groups in total. The van der Waals surface area contributed by atoms with Gasteiger partial charge in [0.05, 0.1) is 18.7 Å². The lowest BCUT2D eigenvalue weighted by Gasteiger charge is -2.34. The topological polar surface area (TPSA) is 37.4 Å². The van der Waals surface area contributed by atoms with Crippen molar-refractivity contribution < 1.29 is 14.0 Å². The van der Waals surface area contributed by atoms with E-state index in [9.17, 15) is 0 Å². The summed E-state index contributed by atoms with van der Waals surface area (Å²) in [6.45, 7) is 24.6. The van der Waals surface area contributed by atoms with Gasteiger partial charge in [-0.2, -0.15) is 0 Å². The van der Waals surface area contributed by atoms with Crippen molar-refractivity contribution in [1.82, 2.24) is 14.7 Å². The smallest absolute Gasteiger partial charge is 0.370 e. The molecule has 0 saturated carbocycles. The summed E-state index contributed by atoms with van der Waals surface area (Å²) in [7, 11) is -0.693. The lowest BCUT2D eigenvalue weighted by atomic mass is 10.2. The molecule has 0 fully saturated rings. The van der Waals surface area contributed by atoms with Gasteiger partial charge >= 0.3 is 7.32 Å². The van der Waals surface area contributed by atoms with Crippen molar-refractivity contribution in [3.05, 3.63) is 0 Å². The summed E-state index contributed by atoms with van der Waals surface area (Å²) in [6, 6.07) is 0. The van der Waals surface area contributed by atoms with Gasteiger partial charge in [-0.1, -0.05) is 41.5 Å². The fourth-order valence-electron chi connectivity index (χ4n) is 3.05. The van der Waals surface area contributed by atoms with E-state index in [0.717, 1.165) is 39.3 Å². The third-order valence-electron chi connectivity index (χ3n) is 4.90. The molecule has 0 aromatic rings. The zero-order chi connectivity index (χ0) is 19.4. The Kier molecular flexibility index (Phi) is 13.9. The Morgan fingerprint density at radius 2 is 0.720 bits per heavy atom. The molecule has 0 saturated heterocycles. The van der Waals surface area contributed by atoms with Gasteiger partial charge < -0.3 is 14.0 Å². The first-order chi connectivity index (χ1) is 11.9. The molecule has 0 aromatic heterocycles. The van der Waals surface area contributed by atoms with Gasteiger partial charge in [-0.3, -0.25) is 14.7 Å². The third-order valence-corrected chi connectivity index (χ3v) is 4.90. The van der Waals surface area contributed by atoms with Crippen LogP contribution in [0.1, 0.15) is 62.3 Å². The molecular weight excluding hydrogens is 317 g/mol. The van der Waals surface area contributed by atoms with Gasteiger partial charge in [-0.25, -0.2) is 0 Å². The van der Waals surface area contributed by atoms with Crippen LogP contribution in [0.2, 0.25) is 0 Å². The van der Waals surface area contributed by atoms with Crippen LogP contribution in [0, 0.1) is 0 Å². The Hall–Kier alpha value is -0.175. The molecule has 6 nitrogen and oxygen atoms in total. The Morgan fingerprint density at radius 1 is 0.520 bits per heavy atom. The lowest BCUT2D eigenvalue weighted by Crippen LogP contribution is -2.49. The van der Waals surface area contributed by atoms with Gasteiger partial charge in [0.25, 0.3) is 0 Å². The molecule has 3 unspecified atom stereocenters. The number of hydrogen-bond acceptors (Lipinski definition) is 6. The van der Waals surface area contributed by atoms with Crippen LogP contribution in [0.5, 0.6) is 0 Å². The molecule has 0 amide bonds. The Balaban J connectivity index is 5.02. The van der Waals surface area contributed by atoms with E-state index in [0.29, 0.717) is 0 Å². The maximum Gasteiger partial charge on any atom is 0.642 e. The van der Waals surface area contributed by atoms with Gasteiger partial charge in [0.2, 0.25) is 0 Å². The van der Waals surface area contributed by atoms with Crippen LogP contribution < -0.4 is 0 Å². The summed E-state index contributed by atoms with van der Waals surface area (Å²) < 4.78 is 18.4. The van der Waals surface area contributed by atoms with Gasteiger partial charge in [0.15, 0.2) is 0 Å². The summed E-state index contributed by atoms with van der Waals surface area (Å²) in [4.78, 5) is 6.72. The first-order valence-electron chi connectivity index (χ1n) is 10.1. The molecule has 0 radical (unpaired) electrons. The van der Waals surface area contributed by atoms with Crippen LogP contribution in [0.4, 0.5) is 0 Å². The number of hydrogen-bond donors (Lipinski definition) is 0. The minimum absolute atomic E-state index is 0.0622. The van der Waals surface area contributed by atoms with E-state index >= 15 is 0 Å². The average molecular weight is 359 g/mol. The highest BCUT2D eigenvalue weighted by Crippen LogP contribution is 2.12. The molecule has 0 bridgehead atoms. The van der Waals surface area contributed by atoms with Crippen LogP contribution in [0.25, 0.3) is 0 Å². The van der Waals surface area contributed by atoms with Crippen LogP contribution in [-0.2, 0) is 14.0 Å². The molecule has 0 aromatic carbocycles. The van der Waals surface area contributed by atoms with Gasteiger partial charge in [-0.15, -0.1) is 0 Å². The van der Waals surface area contributed by atoms with Crippen molar-refractivity contribution >= 4 is 7.32 Å². The summed E-state index contributed by atoms with van der Waals surface area (Å²) in [6.07, 6.45) is -0.187. The molecule has 150 valence electrons. The summed E-state index contributed by atoms with van der Waals surface area (Å²) in [5.74, 6) is 0. The van der Waals surface area contributed by atoms with Crippen molar-refractivity contribution in [3.63, 3.8) is 0 Å². The van der Waals surface area contributed by atoms with E-state index in [1.54, 1.807) is 0 Å².